The number of hydrogen-bond donors (Lipinski definition) is 1. The van der Waals surface area contributed by atoms with Crippen molar-refractivity contribution in [2.45, 2.75) is 13.0 Å². The number of carbonyl (C=O) groups excluding carboxylic acids is 2. The summed E-state index contributed by atoms with van der Waals surface area (Å²) in [6.07, 6.45) is 1.37. The summed E-state index contributed by atoms with van der Waals surface area (Å²) in [6, 6.07) is 15.0. The Labute approximate surface area is 187 Å². The van der Waals surface area contributed by atoms with E-state index in [1.165, 1.54) is 35.7 Å². The van der Waals surface area contributed by atoms with Crippen LogP contribution in [0.2, 0.25) is 0 Å². The Hall–Kier alpha value is -3.91. The number of furan rings is 1. The highest BCUT2D eigenvalue weighted by molar-refractivity contribution is 7.22. The van der Waals surface area contributed by atoms with Crippen molar-refractivity contribution in [2.24, 2.45) is 0 Å². The number of aliphatic hydroxyl groups excluding tert-OH is 1. The predicted molar refractivity (Wildman–Crippen MR) is 120 cm³/mol. The molecule has 0 fully saturated rings. The summed E-state index contributed by atoms with van der Waals surface area (Å²) in [7, 11) is 1.54. The lowest BCUT2D eigenvalue weighted by atomic mass is 9.95. The predicted octanol–water partition coefficient (Wildman–Crippen LogP) is 4.99. The van der Waals surface area contributed by atoms with Gasteiger partial charge >= 0.3 is 0 Å². The molecule has 0 saturated carbocycles. The molecule has 0 bridgehead atoms. The van der Waals surface area contributed by atoms with E-state index in [4.69, 9.17) is 9.15 Å². The summed E-state index contributed by atoms with van der Waals surface area (Å²) in [5.74, 6) is -1.27. The number of anilines is 1. The van der Waals surface area contributed by atoms with E-state index in [0.717, 1.165) is 15.8 Å². The summed E-state index contributed by atoms with van der Waals surface area (Å²) in [5.41, 5.74) is 2.35. The normalized spacial score (nSPS) is 16.2. The van der Waals surface area contributed by atoms with Gasteiger partial charge in [0.25, 0.3) is 5.91 Å². The van der Waals surface area contributed by atoms with Crippen LogP contribution in [0.4, 0.5) is 5.13 Å². The molecule has 0 saturated heterocycles. The van der Waals surface area contributed by atoms with Gasteiger partial charge in [-0.05, 0) is 54.4 Å². The largest absolute Gasteiger partial charge is 0.503 e. The van der Waals surface area contributed by atoms with Crippen molar-refractivity contribution in [2.75, 3.05) is 12.0 Å². The molecule has 1 N–H and O–H groups in total. The molecular weight excluding hydrogens is 428 g/mol. The lowest BCUT2D eigenvalue weighted by Crippen LogP contribution is -2.31. The highest BCUT2D eigenvalue weighted by atomic mass is 32.1. The molecular formula is C24H18N2O5S. The van der Waals surface area contributed by atoms with Gasteiger partial charge in [0.2, 0.25) is 5.78 Å². The number of ether oxygens (including phenoxy) is 1. The number of nitrogens with zero attached hydrogens (tertiary/aromatic N) is 2. The van der Waals surface area contributed by atoms with Gasteiger partial charge in [-0.2, -0.15) is 0 Å². The number of rotatable bonds is 5. The van der Waals surface area contributed by atoms with Gasteiger partial charge in [0.1, 0.15) is 5.75 Å². The van der Waals surface area contributed by atoms with Crippen LogP contribution < -0.4 is 9.64 Å². The first kappa shape index (κ1) is 20.0. The van der Waals surface area contributed by atoms with E-state index < -0.39 is 23.5 Å². The zero-order valence-corrected chi connectivity index (χ0v) is 18.1. The van der Waals surface area contributed by atoms with E-state index in [1.54, 1.807) is 30.3 Å². The maximum Gasteiger partial charge on any atom is 0.296 e. The Morgan fingerprint density at radius 1 is 1.19 bits per heavy atom. The number of Topliss-reactive ketones (excluding diaryl/α,β-unsaturated/α-hetero) is 1. The third-order valence-electron chi connectivity index (χ3n) is 5.35. The van der Waals surface area contributed by atoms with Crippen LogP contribution in [0.5, 0.6) is 5.75 Å². The third kappa shape index (κ3) is 3.16. The molecule has 3 heterocycles. The number of methoxy groups -OCH3 is 1. The Balaban J connectivity index is 1.69. The van der Waals surface area contributed by atoms with E-state index in [2.05, 4.69) is 4.98 Å². The SMILES string of the molecule is COc1cccc([C@H]2C(C(=O)c3ccco3)=C(O)C(=O)N2c2nc3ccc(C)cc3s2)c1. The quantitative estimate of drug-likeness (QED) is 0.434. The fourth-order valence-electron chi connectivity index (χ4n) is 3.82. The molecule has 1 aliphatic rings. The van der Waals surface area contributed by atoms with Crippen molar-refractivity contribution in [3.63, 3.8) is 0 Å². The fourth-order valence-corrected chi connectivity index (χ4v) is 4.92. The summed E-state index contributed by atoms with van der Waals surface area (Å²) < 4.78 is 11.5. The average Bonchev–Trinajstić information content (AvgIpc) is 3.52. The molecule has 8 heteroatoms. The molecule has 1 aliphatic heterocycles. The first-order chi connectivity index (χ1) is 15.5. The van der Waals surface area contributed by atoms with Crippen LogP contribution in [0.25, 0.3) is 10.2 Å². The number of ketones is 1. The Morgan fingerprint density at radius 3 is 2.78 bits per heavy atom. The number of aryl methyl sites for hydroxylation is 1. The number of benzene rings is 2. The highest BCUT2D eigenvalue weighted by Gasteiger charge is 2.46. The molecule has 1 amide bonds. The summed E-state index contributed by atoms with van der Waals surface area (Å²) >= 11 is 1.32. The second-order valence-corrected chi connectivity index (χ2v) is 8.40. The standard InChI is InChI=1S/C24H18N2O5S/c1-13-8-9-16-18(11-13)32-24(25-16)26-20(14-5-3-6-15(12-14)30-2)19(22(28)23(26)29)21(27)17-7-4-10-31-17/h3-12,20,28H,1-2H3/t20-/m0/s1. The maximum atomic E-state index is 13.3. The van der Waals surface area contributed by atoms with Crippen molar-refractivity contribution in [1.29, 1.82) is 0 Å². The van der Waals surface area contributed by atoms with Crippen LogP contribution in [0, 0.1) is 6.92 Å². The minimum absolute atomic E-state index is 0.0361. The lowest BCUT2D eigenvalue weighted by Gasteiger charge is -2.24. The van der Waals surface area contributed by atoms with Gasteiger partial charge in [0, 0.05) is 0 Å². The fraction of sp³-hybridized carbons (Fsp3) is 0.125. The molecule has 0 spiro atoms. The van der Waals surface area contributed by atoms with Crippen molar-refractivity contribution >= 4 is 38.4 Å². The lowest BCUT2D eigenvalue weighted by molar-refractivity contribution is -0.117. The first-order valence-corrected chi connectivity index (χ1v) is 10.7. The van der Waals surface area contributed by atoms with Gasteiger partial charge in [-0.3, -0.25) is 14.5 Å². The number of hydrogen-bond acceptors (Lipinski definition) is 7. The molecule has 7 nitrogen and oxygen atoms in total. The summed E-state index contributed by atoms with van der Waals surface area (Å²) in [4.78, 5) is 32.5. The van der Waals surface area contributed by atoms with E-state index >= 15 is 0 Å². The molecule has 160 valence electrons. The van der Waals surface area contributed by atoms with Crippen molar-refractivity contribution in [3.8, 4) is 5.75 Å². The Bertz CT molecular complexity index is 1390. The van der Waals surface area contributed by atoms with Gasteiger partial charge in [-0.15, -0.1) is 0 Å². The maximum absolute atomic E-state index is 13.3. The molecule has 32 heavy (non-hydrogen) atoms. The van der Waals surface area contributed by atoms with Crippen molar-refractivity contribution < 1.29 is 23.8 Å². The van der Waals surface area contributed by atoms with Crippen LogP contribution in [-0.4, -0.2) is 28.9 Å². The van der Waals surface area contributed by atoms with Gasteiger partial charge in [0.05, 0.1) is 35.2 Å². The average molecular weight is 446 g/mol. The van der Waals surface area contributed by atoms with Gasteiger partial charge in [-0.1, -0.05) is 29.5 Å². The molecule has 2 aromatic carbocycles. The number of amides is 1. The Kier molecular flexibility index (Phi) is 4.79. The minimum Gasteiger partial charge on any atom is -0.503 e. The molecule has 2 aromatic heterocycles. The van der Waals surface area contributed by atoms with Crippen LogP contribution in [-0.2, 0) is 4.79 Å². The van der Waals surface area contributed by atoms with Crippen LogP contribution >= 0.6 is 11.3 Å². The Morgan fingerprint density at radius 2 is 2.03 bits per heavy atom. The van der Waals surface area contributed by atoms with E-state index in [-0.39, 0.29) is 11.3 Å². The molecule has 4 aromatic rings. The molecule has 1 atom stereocenters. The number of aliphatic hydroxyl groups is 1. The minimum atomic E-state index is -0.892. The van der Waals surface area contributed by atoms with E-state index in [9.17, 15) is 14.7 Å². The smallest absolute Gasteiger partial charge is 0.296 e. The second kappa shape index (κ2) is 7.65. The zero-order valence-electron chi connectivity index (χ0n) is 17.2. The van der Waals surface area contributed by atoms with Crippen LogP contribution in [0.3, 0.4) is 0 Å². The van der Waals surface area contributed by atoms with Gasteiger partial charge in [-0.25, -0.2) is 4.98 Å². The number of aromatic nitrogens is 1. The van der Waals surface area contributed by atoms with E-state index in [0.29, 0.717) is 16.4 Å². The molecule has 0 aliphatic carbocycles. The van der Waals surface area contributed by atoms with Crippen molar-refractivity contribution in [1.82, 2.24) is 4.98 Å². The van der Waals surface area contributed by atoms with E-state index in [1.807, 2.05) is 25.1 Å². The zero-order chi connectivity index (χ0) is 22.4. The number of carbonyl (C=O) groups is 2. The number of fused-ring (bicyclic) bond motifs is 1. The topological polar surface area (TPSA) is 92.9 Å². The molecule has 5 rings (SSSR count). The first-order valence-electron chi connectivity index (χ1n) is 9.84. The van der Waals surface area contributed by atoms with Crippen LogP contribution in [0.15, 0.2) is 76.6 Å². The summed E-state index contributed by atoms with van der Waals surface area (Å²) in [6.45, 7) is 1.98. The monoisotopic (exact) mass is 446 g/mol. The highest BCUT2D eigenvalue weighted by Crippen LogP contribution is 2.44. The number of thiazole rings is 1. The van der Waals surface area contributed by atoms with Gasteiger partial charge < -0.3 is 14.3 Å². The van der Waals surface area contributed by atoms with Crippen LogP contribution in [0.1, 0.15) is 27.7 Å². The molecule has 0 radical (unpaired) electrons. The van der Waals surface area contributed by atoms with Gasteiger partial charge in [0.15, 0.2) is 16.7 Å². The third-order valence-corrected chi connectivity index (χ3v) is 6.36. The second-order valence-electron chi connectivity index (χ2n) is 7.39. The summed E-state index contributed by atoms with van der Waals surface area (Å²) in [5, 5.41) is 11.2. The molecule has 0 unspecified atom stereocenters. The van der Waals surface area contributed by atoms with Crippen molar-refractivity contribution in [3.05, 3.63) is 89.1 Å².